The molecule has 14 nitrogen and oxygen atoms in total. The Hall–Kier alpha value is -1.53. The van der Waals surface area contributed by atoms with Crippen LogP contribution in [0.3, 0.4) is 0 Å². The molecule has 2 fully saturated rings. The summed E-state index contributed by atoms with van der Waals surface area (Å²) in [6.45, 7) is 2.78. The summed E-state index contributed by atoms with van der Waals surface area (Å²) < 4.78 is 22.7. The summed E-state index contributed by atoms with van der Waals surface area (Å²) >= 11 is 0. The second-order valence-corrected chi connectivity index (χ2v) is 20.1. The molecule has 1 amide bonds. The molecule has 0 spiro atoms. The Morgan fingerprint density at radius 1 is 0.507 bits per heavy atom. The molecular weight excluding hydrogens is 883 g/mol. The molecule has 0 radical (unpaired) electrons. The van der Waals surface area contributed by atoms with Gasteiger partial charge in [-0.15, -0.1) is 0 Å². The molecule has 406 valence electrons. The van der Waals surface area contributed by atoms with Crippen molar-refractivity contribution in [3.63, 3.8) is 0 Å². The molecule has 2 aliphatic heterocycles. The number of ether oxygens (including phenoxy) is 4. The number of rotatable bonds is 44. The van der Waals surface area contributed by atoms with Gasteiger partial charge >= 0.3 is 0 Å². The van der Waals surface area contributed by atoms with E-state index in [2.05, 4.69) is 31.3 Å². The quantitative estimate of drug-likeness (QED) is 0.0206. The largest absolute Gasteiger partial charge is 0.394 e. The van der Waals surface area contributed by atoms with Gasteiger partial charge in [-0.1, -0.05) is 212 Å². The number of aliphatic hydroxyl groups is 8. The van der Waals surface area contributed by atoms with Crippen molar-refractivity contribution in [1.82, 2.24) is 5.32 Å². The molecule has 9 N–H and O–H groups in total. The molecule has 0 aromatic rings. The highest BCUT2D eigenvalue weighted by Gasteiger charge is 2.51. The number of carbonyl (C=O) groups excluding carboxylic acids is 1. The molecule has 0 aromatic carbocycles. The topological polar surface area (TPSA) is 228 Å². The first kappa shape index (κ1) is 63.6. The van der Waals surface area contributed by atoms with Crippen LogP contribution in [-0.2, 0) is 23.7 Å². The van der Waals surface area contributed by atoms with E-state index in [1.54, 1.807) is 6.08 Å². The molecule has 0 saturated carbocycles. The lowest BCUT2D eigenvalue weighted by atomic mass is 9.97. The van der Waals surface area contributed by atoms with Crippen LogP contribution in [0.1, 0.15) is 226 Å². The van der Waals surface area contributed by atoms with Gasteiger partial charge in [0.15, 0.2) is 12.6 Å². The second kappa shape index (κ2) is 41.9. The van der Waals surface area contributed by atoms with Gasteiger partial charge in [-0.2, -0.15) is 0 Å². The number of allylic oxidation sites excluding steroid dienone is 3. The zero-order chi connectivity index (χ0) is 50.3. The van der Waals surface area contributed by atoms with Crippen LogP contribution < -0.4 is 5.32 Å². The monoisotopic (exact) mass is 986 g/mol. The Balaban J connectivity index is 1.79. The molecule has 2 rings (SSSR count). The second-order valence-electron chi connectivity index (χ2n) is 20.1. The zero-order valence-electron chi connectivity index (χ0n) is 43.3. The fraction of sp³-hybridized carbons (Fsp3) is 0.909. The molecule has 69 heavy (non-hydrogen) atoms. The van der Waals surface area contributed by atoms with Crippen molar-refractivity contribution in [2.75, 3.05) is 19.8 Å². The van der Waals surface area contributed by atoms with Crippen LogP contribution >= 0.6 is 0 Å². The van der Waals surface area contributed by atoms with E-state index >= 15 is 0 Å². The van der Waals surface area contributed by atoms with Crippen LogP contribution in [0, 0.1) is 0 Å². The van der Waals surface area contributed by atoms with E-state index in [-0.39, 0.29) is 18.9 Å². The molecule has 2 aliphatic rings. The molecule has 12 atom stereocenters. The Morgan fingerprint density at radius 3 is 1.42 bits per heavy atom. The lowest BCUT2D eigenvalue weighted by Gasteiger charge is -2.46. The molecule has 0 aliphatic carbocycles. The summed E-state index contributed by atoms with van der Waals surface area (Å²) in [6.07, 6.45) is 30.9. The van der Waals surface area contributed by atoms with E-state index in [0.717, 1.165) is 32.1 Å². The summed E-state index contributed by atoms with van der Waals surface area (Å²) in [5.74, 6) is -0.248. The highest BCUT2D eigenvalue weighted by atomic mass is 16.7. The van der Waals surface area contributed by atoms with Crippen molar-refractivity contribution < 1.29 is 64.6 Å². The third-order valence-electron chi connectivity index (χ3n) is 13.9. The number of aliphatic hydroxyl groups excluding tert-OH is 8. The van der Waals surface area contributed by atoms with Crippen LogP contribution in [-0.4, -0.2) is 140 Å². The lowest BCUT2D eigenvalue weighted by molar-refractivity contribution is -0.359. The number of amides is 1. The van der Waals surface area contributed by atoms with E-state index in [1.807, 2.05) is 6.08 Å². The smallest absolute Gasteiger partial charge is 0.220 e. The van der Waals surface area contributed by atoms with Crippen LogP contribution in [0.25, 0.3) is 0 Å². The van der Waals surface area contributed by atoms with Gasteiger partial charge in [0, 0.05) is 6.42 Å². The Kier molecular flexibility index (Phi) is 38.6. The predicted molar refractivity (Wildman–Crippen MR) is 272 cm³/mol. The Morgan fingerprint density at radius 2 is 0.928 bits per heavy atom. The van der Waals surface area contributed by atoms with Gasteiger partial charge in [0.1, 0.15) is 48.8 Å². The maximum Gasteiger partial charge on any atom is 0.220 e. The van der Waals surface area contributed by atoms with E-state index in [1.165, 1.54) is 161 Å². The van der Waals surface area contributed by atoms with E-state index in [0.29, 0.717) is 12.8 Å². The fourth-order valence-electron chi connectivity index (χ4n) is 9.31. The van der Waals surface area contributed by atoms with E-state index < -0.39 is 86.8 Å². The van der Waals surface area contributed by atoms with Gasteiger partial charge in [-0.05, 0) is 32.1 Å². The third kappa shape index (κ3) is 28.5. The summed E-state index contributed by atoms with van der Waals surface area (Å²) in [6, 6.07) is -0.926. The minimum atomic E-state index is -1.79. The Bertz CT molecular complexity index is 1260. The van der Waals surface area contributed by atoms with Crippen LogP contribution in [0.5, 0.6) is 0 Å². The molecule has 2 heterocycles. The minimum absolute atomic E-state index is 0.248. The third-order valence-corrected chi connectivity index (χ3v) is 13.9. The number of carbonyl (C=O) groups is 1. The predicted octanol–water partition coefficient (Wildman–Crippen LogP) is 8.50. The van der Waals surface area contributed by atoms with Crippen molar-refractivity contribution in [2.24, 2.45) is 0 Å². The lowest BCUT2D eigenvalue weighted by Crippen LogP contribution is -2.65. The molecule has 2 saturated heterocycles. The molecule has 0 aromatic heterocycles. The average Bonchev–Trinajstić information content (AvgIpc) is 3.35. The first-order valence-electron chi connectivity index (χ1n) is 28.1. The molecular formula is C55H103NO13. The van der Waals surface area contributed by atoms with E-state index in [9.17, 15) is 45.6 Å². The molecule has 0 bridgehead atoms. The number of hydrogen-bond acceptors (Lipinski definition) is 13. The van der Waals surface area contributed by atoms with Gasteiger partial charge in [-0.3, -0.25) is 4.79 Å². The molecule has 14 heteroatoms. The maximum absolute atomic E-state index is 13.2. The number of nitrogens with one attached hydrogen (secondary N) is 1. The standard InChI is InChI=1S/C55H103NO13/c1-3-5-7-9-11-13-15-17-18-19-20-21-22-23-24-25-26-27-28-30-32-34-36-38-44(59)43(56-47(60)39-37-35-33-31-29-16-14-12-10-8-6-4-2)42-66-54-52(65)50(63)53(46(41-58)68-54)69-55-51(64)49(62)48(61)45(40-57)67-55/h28,30,36,38,43-46,48-55,57-59,61-65H,3-27,29,31-35,37,39-42H2,1-2H3,(H,56,60)/b30-28+,38-36+. The van der Waals surface area contributed by atoms with Crippen LogP contribution in [0.4, 0.5) is 0 Å². The van der Waals surface area contributed by atoms with Gasteiger partial charge in [0.05, 0.1) is 32.0 Å². The Labute approximate surface area is 418 Å². The van der Waals surface area contributed by atoms with Crippen molar-refractivity contribution in [2.45, 2.75) is 299 Å². The van der Waals surface area contributed by atoms with Crippen molar-refractivity contribution in [3.8, 4) is 0 Å². The highest BCUT2D eigenvalue weighted by molar-refractivity contribution is 5.76. The SMILES string of the molecule is CCCCCCCCCCCCCCCCCCC/C=C/CC/C=C/C(O)C(COC1OC(CO)C(OC2OC(CO)C(O)C(O)C2O)C(O)C1O)NC(=O)CCCCCCCCCCCCCC. The summed E-state index contributed by atoms with van der Waals surface area (Å²) in [4.78, 5) is 13.2. The average molecular weight is 986 g/mol. The summed E-state index contributed by atoms with van der Waals surface area (Å²) in [5, 5.41) is 86.8. The summed E-state index contributed by atoms with van der Waals surface area (Å²) in [7, 11) is 0. The zero-order valence-corrected chi connectivity index (χ0v) is 43.3. The fourth-order valence-corrected chi connectivity index (χ4v) is 9.31. The normalized spacial score (nSPS) is 26.3. The summed E-state index contributed by atoms with van der Waals surface area (Å²) in [5.41, 5.74) is 0. The van der Waals surface area contributed by atoms with Crippen LogP contribution in [0.2, 0.25) is 0 Å². The van der Waals surface area contributed by atoms with Gasteiger partial charge in [-0.25, -0.2) is 0 Å². The maximum atomic E-state index is 13.2. The number of hydrogen-bond donors (Lipinski definition) is 9. The van der Waals surface area contributed by atoms with Gasteiger partial charge in [0.2, 0.25) is 5.91 Å². The van der Waals surface area contributed by atoms with Crippen molar-refractivity contribution in [1.29, 1.82) is 0 Å². The van der Waals surface area contributed by atoms with Crippen molar-refractivity contribution in [3.05, 3.63) is 24.3 Å². The van der Waals surface area contributed by atoms with Gasteiger partial charge in [0.25, 0.3) is 0 Å². The van der Waals surface area contributed by atoms with Gasteiger partial charge < -0.3 is 65.1 Å². The highest BCUT2D eigenvalue weighted by Crippen LogP contribution is 2.30. The van der Waals surface area contributed by atoms with E-state index in [4.69, 9.17) is 18.9 Å². The molecule has 12 unspecified atom stereocenters. The first-order chi connectivity index (χ1) is 33.6. The van der Waals surface area contributed by atoms with Crippen LogP contribution in [0.15, 0.2) is 24.3 Å². The number of unbranched alkanes of at least 4 members (excludes halogenated alkanes) is 29. The van der Waals surface area contributed by atoms with Crippen molar-refractivity contribution >= 4 is 5.91 Å². The minimum Gasteiger partial charge on any atom is -0.394 e. The first-order valence-corrected chi connectivity index (χ1v) is 28.1.